The van der Waals surface area contributed by atoms with Crippen molar-refractivity contribution in [1.82, 2.24) is 15.1 Å². The first kappa shape index (κ1) is 29.2. The van der Waals surface area contributed by atoms with Gasteiger partial charge < -0.3 is 24.4 Å². The largest absolute Gasteiger partial charge is 0.496 e. The number of halogens is 1. The van der Waals surface area contributed by atoms with Crippen molar-refractivity contribution >= 4 is 17.5 Å². The van der Waals surface area contributed by atoms with Gasteiger partial charge in [-0.15, -0.1) is 0 Å². The van der Waals surface area contributed by atoms with E-state index in [1.54, 1.807) is 21.3 Å². The minimum atomic E-state index is -0.216. The molecule has 3 aromatic carbocycles. The molecule has 2 aliphatic heterocycles. The number of fused-ring (bicyclic) bond motifs is 1. The number of nitrogens with one attached hydrogen (secondary N) is 1. The van der Waals surface area contributed by atoms with Crippen molar-refractivity contribution in [3.63, 3.8) is 0 Å². The number of methoxy groups -OCH3 is 3. The van der Waals surface area contributed by atoms with Crippen LogP contribution >= 0.6 is 11.6 Å². The van der Waals surface area contributed by atoms with Crippen LogP contribution in [0.25, 0.3) is 0 Å². The third kappa shape index (κ3) is 6.32. The van der Waals surface area contributed by atoms with Gasteiger partial charge in [-0.2, -0.15) is 0 Å². The molecule has 7 nitrogen and oxygen atoms in total. The summed E-state index contributed by atoms with van der Waals surface area (Å²) in [5, 5.41) is 4.46. The van der Waals surface area contributed by atoms with Gasteiger partial charge in [-0.3, -0.25) is 9.69 Å². The van der Waals surface area contributed by atoms with E-state index in [2.05, 4.69) is 36.2 Å². The lowest BCUT2D eigenvalue weighted by molar-refractivity contribution is -0.137. The molecule has 3 aromatic rings. The van der Waals surface area contributed by atoms with E-state index in [4.69, 9.17) is 25.8 Å². The van der Waals surface area contributed by atoms with Crippen LogP contribution in [-0.2, 0) is 30.8 Å². The van der Waals surface area contributed by atoms with Gasteiger partial charge >= 0.3 is 0 Å². The molecule has 0 aromatic heterocycles. The van der Waals surface area contributed by atoms with Crippen LogP contribution in [0, 0.1) is 13.8 Å². The summed E-state index contributed by atoms with van der Waals surface area (Å²) in [6.45, 7) is 7.69. The summed E-state index contributed by atoms with van der Waals surface area (Å²) in [7, 11) is 5.00. The second-order valence-corrected chi connectivity index (χ2v) is 11.5. The second kappa shape index (κ2) is 12.7. The second-order valence-electron chi connectivity index (χ2n) is 11.1. The normalized spacial score (nSPS) is 18.7. The minimum absolute atomic E-state index is 0.174. The van der Waals surface area contributed by atoms with Crippen molar-refractivity contribution in [1.29, 1.82) is 0 Å². The van der Waals surface area contributed by atoms with Gasteiger partial charge in [0, 0.05) is 43.8 Å². The zero-order chi connectivity index (χ0) is 29.1. The standard InChI is InChI=1S/C33H40ClN3O4/c1-21-22(2)30(39-3)10-9-25(21)17-35-28-16-29(37(20-28)18-23-7-6-8-27(34)13-23)33(38)36-12-11-24-14-31(40-4)32(41-5)15-26(24)19-36/h6-10,13-15,28-29,35H,11-12,16-20H2,1-5H3/t28-,29+/m1/s1. The summed E-state index contributed by atoms with van der Waals surface area (Å²) in [6, 6.07) is 16.1. The van der Waals surface area contributed by atoms with Gasteiger partial charge in [-0.05, 0) is 90.4 Å². The van der Waals surface area contributed by atoms with Crippen molar-refractivity contribution in [2.45, 2.75) is 58.4 Å². The average molecular weight is 578 g/mol. The molecule has 0 aliphatic carbocycles. The third-order valence-corrected chi connectivity index (χ3v) is 8.88. The number of amides is 1. The van der Waals surface area contributed by atoms with Gasteiger partial charge in [-0.1, -0.05) is 29.8 Å². The molecule has 2 aliphatic rings. The third-order valence-electron chi connectivity index (χ3n) is 8.64. The molecule has 1 amide bonds. The van der Waals surface area contributed by atoms with Crippen LogP contribution in [0.2, 0.25) is 5.02 Å². The number of nitrogens with zero attached hydrogens (tertiary/aromatic N) is 2. The van der Waals surface area contributed by atoms with E-state index in [0.717, 1.165) is 54.1 Å². The van der Waals surface area contributed by atoms with E-state index < -0.39 is 0 Å². The van der Waals surface area contributed by atoms with Crippen molar-refractivity contribution in [2.75, 3.05) is 34.4 Å². The highest BCUT2D eigenvalue weighted by molar-refractivity contribution is 6.30. The van der Waals surface area contributed by atoms with Crippen LogP contribution in [0.15, 0.2) is 48.5 Å². The smallest absolute Gasteiger partial charge is 0.240 e. The zero-order valence-electron chi connectivity index (χ0n) is 24.6. The van der Waals surface area contributed by atoms with E-state index >= 15 is 0 Å². The average Bonchev–Trinajstić information content (AvgIpc) is 3.38. The Kier molecular flexibility index (Phi) is 9.07. The first-order valence-corrected chi connectivity index (χ1v) is 14.6. The molecular weight excluding hydrogens is 538 g/mol. The molecule has 8 heteroatoms. The van der Waals surface area contributed by atoms with E-state index in [-0.39, 0.29) is 18.0 Å². The number of ether oxygens (including phenoxy) is 3. The maximum Gasteiger partial charge on any atom is 0.240 e. The van der Waals surface area contributed by atoms with Crippen molar-refractivity contribution in [3.8, 4) is 17.2 Å². The van der Waals surface area contributed by atoms with Crippen LogP contribution in [0.1, 0.15) is 39.8 Å². The maximum absolute atomic E-state index is 14.1. The van der Waals surface area contributed by atoms with Crippen LogP contribution in [-0.4, -0.2) is 62.2 Å². The van der Waals surface area contributed by atoms with Crippen molar-refractivity contribution in [2.24, 2.45) is 0 Å². The molecule has 0 radical (unpaired) electrons. The minimum Gasteiger partial charge on any atom is -0.496 e. The summed E-state index contributed by atoms with van der Waals surface area (Å²) in [6.07, 6.45) is 1.54. The lowest BCUT2D eigenvalue weighted by Crippen LogP contribution is -2.47. The van der Waals surface area contributed by atoms with Gasteiger partial charge in [0.1, 0.15) is 5.75 Å². The SMILES string of the molecule is COc1cc2c(cc1OC)CN(C(=O)[C@@H]1C[C@@H](NCc3ccc(OC)c(C)c3C)CN1Cc1cccc(Cl)c1)CC2. The summed E-state index contributed by atoms with van der Waals surface area (Å²) >= 11 is 6.31. The lowest BCUT2D eigenvalue weighted by Gasteiger charge is -2.34. The summed E-state index contributed by atoms with van der Waals surface area (Å²) < 4.78 is 16.5. The Bertz CT molecular complexity index is 1410. The molecule has 2 heterocycles. The first-order chi connectivity index (χ1) is 19.8. The molecule has 0 unspecified atom stereocenters. The van der Waals surface area contributed by atoms with Gasteiger partial charge in [0.15, 0.2) is 11.5 Å². The van der Waals surface area contributed by atoms with Gasteiger partial charge in [0.05, 0.1) is 27.4 Å². The topological polar surface area (TPSA) is 63.3 Å². The van der Waals surface area contributed by atoms with Crippen LogP contribution in [0.4, 0.5) is 0 Å². The maximum atomic E-state index is 14.1. The number of hydrogen-bond donors (Lipinski definition) is 1. The van der Waals surface area contributed by atoms with Crippen LogP contribution in [0.5, 0.6) is 17.2 Å². The van der Waals surface area contributed by atoms with Crippen molar-refractivity contribution < 1.29 is 19.0 Å². The fraction of sp³-hybridized carbons (Fsp3) is 0.424. The highest BCUT2D eigenvalue weighted by Gasteiger charge is 2.39. The zero-order valence-corrected chi connectivity index (χ0v) is 25.4. The Balaban J connectivity index is 1.33. The van der Waals surface area contributed by atoms with E-state index in [0.29, 0.717) is 30.4 Å². The van der Waals surface area contributed by atoms with E-state index in [9.17, 15) is 4.79 Å². The van der Waals surface area contributed by atoms with Crippen LogP contribution in [0.3, 0.4) is 0 Å². The summed E-state index contributed by atoms with van der Waals surface area (Å²) in [5.41, 5.74) is 7.07. The Morgan fingerprint density at radius 1 is 0.951 bits per heavy atom. The highest BCUT2D eigenvalue weighted by Crippen LogP contribution is 2.34. The number of benzene rings is 3. The Labute approximate surface area is 248 Å². The Morgan fingerprint density at radius 3 is 2.39 bits per heavy atom. The van der Waals surface area contributed by atoms with Gasteiger partial charge in [0.25, 0.3) is 0 Å². The summed E-state index contributed by atoms with van der Waals surface area (Å²) in [4.78, 5) is 18.4. The van der Waals surface area contributed by atoms with Crippen molar-refractivity contribution in [3.05, 3.63) is 86.9 Å². The number of carbonyl (C=O) groups is 1. The fourth-order valence-electron chi connectivity index (χ4n) is 6.15. The molecule has 1 fully saturated rings. The van der Waals surface area contributed by atoms with Crippen LogP contribution < -0.4 is 19.5 Å². The number of hydrogen-bond acceptors (Lipinski definition) is 6. The fourth-order valence-corrected chi connectivity index (χ4v) is 6.37. The summed E-state index contributed by atoms with van der Waals surface area (Å²) in [5.74, 6) is 2.50. The predicted octanol–water partition coefficient (Wildman–Crippen LogP) is 5.30. The molecule has 5 rings (SSSR count). The number of carbonyl (C=O) groups excluding carboxylic acids is 1. The Morgan fingerprint density at radius 2 is 1.68 bits per heavy atom. The molecule has 41 heavy (non-hydrogen) atoms. The molecule has 0 spiro atoms. The molecule has 1 N–H and O–H groups in total. The molecule has 0 bridgehead atoms. The Hall–Kier alpha value is -3.26. The first-order valence-electron chi connectivity index (χ1n) is 14.2. The molecule has 1 saturated heterocycles. The van der Waals surface area contributed by atoms with Gasteiger partial charge in [-0.25, -0.2) is 0 Å². The van der Waals surface area contributed by atoms with E-state index in [1.807, 2.05) is 41.3 Å². The number of rotatable bonds is 9. The highest BCUT2D eigenvalue weighted by atomic mass is 35.5. The molecule has 0 saturated carbocycles. The number of likely N-dealkylation sites (tertiary alicyclic amines) is 1. The lowest BCUT2D eigenvalue weighted by atomic mass is 9.97. The van der Waals surface area contributed by atoms with E-state index in [1.165, 1.54) is 16.7 Å². The van der Waals surface area contributed by atoms with Gasteiger partial charge in [0.2, 0.25) is 5.91 Å². The molecule has 218 valence electrons. The monoisotopic (exact) mass is 577 g/mol. The predicted molar refractivity (Wildman–Crippen MR) is 162 cm³/mol. The quantitative estimate of drug-likeness (QED) is 0.372. The molecular formula is C33H40ClN3O4. The molecule has 2 atom stereocenters.